The summed E-state index contributed by atoms with van der Waals surface area (Å²) in [5, 5.41) is 6.79. The lowest BCUT2D eigenvalue weighted by atomic mass is 9.81. The summed E-state index contributed by atoms with van der Waals surface area (Å²) in [7, 11) is 1.74. The molecular weight excluding hydrogens is 451 g/mol. The van der Waals surface area contributed by atoms with Crippen LogP contribution >= 0.6 is 0 Å². The van der Waals surface area contributed by atoms with Crippen LogP contribution in [0.4, 0.5) is 19.0 Å². The molecule has 2 fully saturated rings. The lowest BCUT2D eigenvalue weighted by molar-refractivity contribution is -0.185. The van der Waals surface area contributed by atoms with Gasteiger partial charge in [0.25, 0.3) is 5.91 Å². The van der Waals surface area contributed by atoms with Crippen molar-refractivity contribution in [1.29, 1.82) is 0 Å². The first-order chi connectivity index (χ1) is 16.2. The molecule has 1 aliphatic heterocycles. The molecule has 1 N–H and O–H groups in total. The Bertz CT molecular complexity index is 1020. The maximum Gasteiger partial charge on any atom is 0.391 e. The van der Waals surface area contributed by atoms with E-state index in [2.05, 4.69) is 15.4 Å². The number of pyridine rings is 1. The average molecular weight is 480 g/mol. The zero-order valence-corrected chi connectivity index (χ0v) is 18.9. The molecular formula is C23H28F3N5O3. The number of hydrogen-bond donors (Lipinski definition) is 1. The van der Waals surface area contributed by atoms with Gasteiger partial charge in [-0.15, -0.1) is 0 Å². The molecule has 2 aliphatic rings. The van der Waals surface area contributed by atoms with E-state index in [9.17, 15) is 22.8 Å². The number of ether oxygens (including phenoxy) is 1. The Morgan fingerprint density at radius 1 is 1.18 bits per heavy atom. The standard InChI is InChI=1S/C23H28F3N5O3/c1-30-13-10-19(29-30)28-21(32)20-18(5-2-11-27-20)34-14-17-4-3-12-31(17)22(33)15-6-8-16(9-7-15)23(24,25)26/h2,5,10-11,13,15-17H,3-4,6-9,12,14H2,1H3,(H,28,29,32)/t15?,16?,17-/m1/s1. The van der Waals surface area contributed by atoms with Crippen molar-refractivity contribution in [2.45, 2.75) is 50.7 Å². The number of carbonyl (C=O) groups excluding carboxylic acids is 2. The fourth-order valence-electron chi connectivity index (χ4n) is 4.72. The Morgan fingerprint density at radius 3 is 2.62 bits per heavy atom. The Balaban J connectivity index is 1.35. The highest BCUT2D eigenvalue weighted by Crippen LogP contribution is 2.40. The second-order valence-corrected chi connectivity index (χ2v) is 8.91. The number of carbonyl (C=O) groups is 2. The third-order valence-corrected chi connectivity index (χ3v) is 6.57. The van der Waals surface area contributed by atoms with Crippen LogP contribution in [0.1, 0.15) is 49.0 Å². The number of anilines is 1. The van der Waals surface area contributed by atoms with Crippen molar-refractivity contribution in [3.05, 3.63) is 36.3 Å². The van der Waals surface area contributed by atoms with E-state index in [-0.39, 0.29) is 55.9 Å². The maximum absolute atomic E-state index is 13.1. The molecule has 0 spiro atoms. The van der Waals surface area contributed by atoms with E-state index in [4.69, 9.17) is 4.74 Å². The fraction of sp³-hybridized carbons (Fsp3) is 0.565. The van der Waals surface area contributed by atoms with E-state index in [1.165, 1.54) is 6.20 Å². The van der Waals surface area contributed by atoms with Gasteiger partial charge in [0.05, 0.1) is 12.0 Å². The predicted molar refractivity (Wildman–Crippen MR) is 117 cm³/mol. The summed E-state index contributed by atoms with van der Waals surface area (Å²) in [6.45, 7) is 0.741. The molecule has 1 saturated heterocycles. The molecule has 0 radical (unpaired) electrons. The monoisotopic (exact) mass is 479 g/mol. The van der Waals surface area contributed by atoms with Gasteiger partial charge in [-0.2, -0.15) is 18.3 Å². The van der Waals surface area contributed by atoms with Crippen LogP contribution in [0.5, 0.6) is 5.75 Å². The molecule has 184 valence electrons. The number of halogens is 3. The summed E-state index contributed by atoms with van der Waals surface area (Å²) in [6, 6.07) is 4.76. The van der Waals surface area contributed by atoms with E-state index < -0.39 is 18.0 Å². The summed E-state index contributed by atoms with van der Waals surface area (Å²) < 4.78 is 46.4. The minimum atomic E-state index is -4.19. The first-order valence-electron chi connectivity index (χ1n) is 11.5. The van der Waals surface area contributed by atoms with Gasteiger partial charge in [0.1, 0.15) is 6.61 Å². The van der Waals surface area contributed by atoms with Gasteiger partial charge in [-0.05, 0) is 50.7 Å². The van der Waals surface area contributed by atoms with Crippen molar-refractivity contribution in [3.8, 4) is 5.75 Å². The zero-order chi connectivity index (χ0) is 24.3. The van der Waals surface area contributed by atoms with Crippen molar-refractivity contribution in [3.63, 3.8) is 0 Å². The van der Waals surface area contributed by atoms with E-state index in [0.29, 0.717) is 18.1 Å². The molecule has 1 atom stereocenters. The van der Waals surface area contributed by atoms with Gasteiger partial charge in [-0.1, -0.05) is 0 Å². The van der Waals surface area contributed by atoms with Crippen LogP contribution in [0.2, 0.25) is 0 Å². The number of hydrogen-bond acceptors (Lipinski definition) is 5. The molecule has 4 rings (SSSR count). The number of likely N-dealkylation sites (tertiary alicyclic amines) is 1. The number of rotatable bonds is 6. The van der Waals surface area contributed by atoms with E-state index in [0.717, 1.165) is 12.8 Å². The van der Waals surface area contributed by atoms with Crippen LogP contribution in [0.15, 0.2) is 30.6 Å². The fourth-order valence-corrected chi connectivity index (χ4v) is 4.72. The van der Waals surface area contributed by atoms with Gasteiger partial charge in [-0.3, -0.25) is 14.3 Å². The number of aryl methyl sites for hydroxylation is 1. The third-order valence-electron chi connectivity index (χ3n) is 6.57. The highest BCUT2D eigenvalue weighted by atomic mass is 19.4. The molecule has 2 aromatic rings. The second kappa shape index (κ2) is 10.0. The molecule has 1 saturated carbocycles. The summed E-state index contributed by atoms with van der Waals surface area (Å²) in [5.74, 6) is -1.56. The van der Waals surface area contributed by atoms with Crippen molar-refractivity contribution in [1.82, 2.24) is 19.7 Å². The van der Waals surface area contributed by atoms with E-state index in [1.807, 2.05) is 0 Å². The molecule has 2 aromatic heterocycles. The molecule has 0 unspecified atom stereocenters. The van der Waals surface area contributed by atoms with Crippen molar-refractivity contribution >= 4 is 17.6 Å². The Kier molecular flexibility index (Phi) is 7.08. The van der Waals surface area contributed by atoms with Crippen molar-refractivity contribution < 1.29 is 27.5 Å². The summed E-state index contributed by atoms with van der Waals surface area (Å²) in [5.41, 5.74) is 0.106. The van der Waals surface area contributed by atoms with Crippen LogP contribution < -0.4 is 10.1 Å². The molecule has 1 aliphatic carbocycles. The number of amides is 2. The lowest BCUT2D eigenvalue weighted by Gasteiger charge is -2.33. The molecule has 11 heteroatoms. The Morgan fingerprint density at radius 2 is 1.94 bits per heavy atom. The largest absolute Gasteiger partial charge is 0.489 e. The van der Waals surface area contributed by atoms with Crippen LogP contribution in [-0.4, -0.2) is 56.8 Å². The van der Waals surface area contributed by atoms with Crippen LogP contribution in [-0.2, 0) is 11.8 Å². The Hall–Kier alpha value is -3.11. The smallest absolute Gasteiger partial charge is 0.391 e. The van der Waals surface area contributed by atoms with E-state index in [1.54, 1.807) is 41.0 Å². The molecule has 3 heterocycles. The zero-order valence-electron chi connectivity index (χ0n) is 18.9. The second-order valence-electron chi connectivity index (χ2n) is 8.91. The molecule has 34 heavy (non-hydrogen) atoms. The Labute approximate surface area is 195 Å². The average Bonchev–Trinajstić information content (AvgIpc) is 3.45. The quantitative estimate of drug-likeness (QED) is 0.681. The highest BCUT2D eigenvalue weighted by molar-refractivity contribution is 6.04. The first-order valence-corrected chi connectivity index (χ1v) is 11.5. The van der Waals surface area contributed by atoms with Gasteiger partial charge in [0.2, 0.25) is 5.91 Å². The van der Waals surface area contributed by atoms with Crippen LogP contribution in [0.3, 0.4) is 0 Å². The van der Waals surface area contributed by atoms with Crippen molar-refractivity contribution in [2.75, 3.05) is 18.5 Å². The lowest BCUT2D eigenvalue weighted by Crippen LogP contribution is -2.44. The van der Waals surface area contributed by atoms with Gasteiger partial charge < -0.3 is 15.0 Å². The summed E-state index contributed by atoms with van der Waals surface area (Å²) in [4.78, 5) is 31.6. The minimum absolute atomic E-state index is 0.000654. The maximum atomic E-state index is 13.1. The highest BCUT2D eigenvalue weighted by Gasteiger charge is 2.44. The topological polar surface area (TPSA) is 89.4 Å². The van der Waals surface area contributed by atoms with Gasteiger partial charge in [0.15, 0.2) is 17.3 Å². The molecule has 2 amide bonds. The summed E-state index contributed by atoms with van der Waals surface area (Å²) in [6.07, 6.45) is 1.05. The van der Waals surface area contributed by atoms with Crippen molar-refractivity contribution in [2.24, 2.45) is 18.9 Å². The van der Waals surface area contributed by atoms with Gasteiger partial charge >= 0.3 is 6.18 Å². The van der Waals surface area contributed by atoms with Gasteiger partial charge in [0, 0.05) is 38.0 Å². The van der Waals surface area contributed by atoms with Crippen LogP contribution in [0, 0.1) is 11.8 Å². The number of nitrogens with one attached hydrogen (secondary N) is 1. The molecule has 0 bridgehead atoms. The predicted octanol–water partition coefficient (Wildman–Crippen LogP) is 3.81. The molecule has 0 aromatic carbocycles. The number of alkyl halides is 3. The number of aromatic nitrogens is 3. The van der Waals surface area contributed by atoms with Gasteiger partial charge in [-0.25, -0.2) is 4.98 Å². The normalized spacial score (nSPS) is 23.1. The SMILES string of the molecule is Cn1ccc(NC(=O)c2ncccc2OC[C@H]2CCCN2C(=O)C2CCC(C(F)(F)F)CC2)n1. The van der Waals surface area contributed by atoms with Crippen LogP contribution in [0.25, 0.3) is 0 Å². The first kappa shape index (κ1) is 24.0. The third kappa shape index (κ3) is 5.51. The van der Waals surface area contributed by atoms with E-state index >= 15 is 0 Å². The summed E-state index contributed by atoms with van der Waals surface area (Å²) >= 11 is 0. The molecule has 8 nitrogen and oxygen atoms in total. The minimum Gasteiger partial charge on any atom is -0.489 e. The number of nitrogens with zero attached hydrogens (tertiary/aromatic N) is 4.